The van der Waals surface area contributed by atoms with Crippen molar-refractivity contribution in [2.24, 2.45) is 0 Å². The summed E-state index contributed by atoms with van der Waals surface area (Å²) in [6.07, 6.45) is 0. The molecule has 1 rings (SSSR count). The normalized spacial score (nSPS) is 10.0. The number of hydrogen-bond donors (Lipinski definition) is 0. The predicted molar refractivity (Wildman–Crippen MR) is 55.8 cm³/mol. The zero-order chi connectivity index (χ0) is 12.5. The molecule has 0 saturated carbocycles. The molecule has 86 valence electrons. The first-order valence-electron chi connectivity index (χ1n) is 4.50. The van der Waals surface area contributed by atoms with Crippen LogP contribution in [0, 0.1) is 22.9 Å². The molecule has 0 aromatic heterocycles. The summed E-state index contributed by atoms with van der Waals surface area (Å²) in [5.41, 5.74) is -0.486. The van der Waals surface area contributed by atoms with Gasteiger partial charge in [-0.15, -0.1) is 0 Å². The molecule has 0 heterocycles. The summed E-state index contributed by atoms with van der Waals surface area (Å²) in [5, 5.41) is 10.6. The average molecular weight is 226 g/mol. The molecule has 16 heavy (non-hydrogen) atoms. The summed E-state index contributed by atoms with van der Waals surface area (Å²) >= 11 is 0. The Morgan fingerprint density at radius 3 is 2.44 bits per heavy atom. The molecular formula is C10H11FN2O3. The number of rotatable bonds is 2. The molecule has 1 amide bonds. The number of hydrogen-bond acceptors (Lipinski definition) is 3. The van der Waals surface area contributed by atoms with E-state index in [1.54, 1.807) is 0 Å². The minimum Gasteiger partial charge on any atom is -0.345 e. The maximum atomic E-state index is 13.6. The monoisotopic (exact) mass is 226 g/mol. The summed E-state index contributed by atoms with van der Waals surface area (Å²) in [7, 11) is 2.91. The molecule has 0 aliphatic carbocycles. The topological polar surface area (TPSA) is 63.5 Å². The van der Waals surface area contributed by atoms with E-state index in [1.165, 1.54) is 25.9 Å². The molecular weight excluding hydrogens is 215 g/mol. The van der Waals surface area contributed by atoms with Gasteiger partial charge >= 0.3 is 0 Å². The van der Waals surface area contributed by atoms with E-state index in [2.05, 4.69) is 0 Å². The maximum Gasteiger partial charge on any atom is 0.270 e. The van der Waals surface area contributed by atoms with Crippen molar-refractivity contribution >= 4 is 11.6 Å². The molecule has 1 aromatic carbocycles. The van der Waals surface area contributed by atoms with Crippen molar-refractivity contribution in [1.29, 1.82) is 0 Å². The van der Waals surface area contributed by atoms with Crippen molar-refractivity contribution in [3.63, 3.8) is 0 Å². The average Bonchev–Trinajstić information content (AvgIpc) is 2.20. The number of nitrogens with zero attached hydrogens (tertiary/aromatic N) is 2. The minimum atomic E-state index is -0.718. The van der Waals surface area contributed by atoms with Gasteiger partial charge in [-0.2, -0.15) is 0 Å². The Morgan fingerprint density at radius 2 is 2.00 bits per heavy atom. The molecule has 0 bridgehead atoms. The number of carbonyl (C=O) groups is 1. The molecule has 0 radical (unpaired) electrons. The van der Waals surface area contributed by atoms with Crippen LogP contribution in [0.25, 0.3) is 0 Å². The van der Waals surface area contributed by atoms with Gasteiger partial charge in [0, 0.05) is 26.2 Å². The lowest BCUT2D eigenvalue weighted by Gasteiger charge is -2.11. The third kappa shape index (κ3) is 2.16. The van der Waals surface area contributed by atoms with Gasteiger partial charge in [-0.3, -0.25) is 14.9 Å². The smallest absolute Gasteiger partial charge is 0.270 e. The molecule has 0 unspecified atom stereocenters. The van der Waals surface area contributed by atoms with E-state index in [9.17, 15) is 19.3 Å². The van der Waals surface area contributed by atoms with Crippen LogP contribution in [0.15, 0.2) is 12.1 Å². The molecule has 0 N–H and O–H groups in total. The van der Waals surface area contributed by atoms with Gasteiger partial charge in [0.1, 0.15) is 5.82 Å². The first-order chi connectivity index (χ1) is 7.34. The molecule has 0 fully saturated rings. The fourth-order valence-corrected chi connectivity index (χ4v) is 1.25. The largest absolute Gasteiger partial charge is 0.345 e. The summed E-state index contributed by atoms with van der Waals surface area (Å²) in [6, 6.07) is 2.05. The van der Waals surface area contributed by atoms with Gasteiger partial charge in [-0.1, -0.05) is 0 Å². The molecule has 5 nitrogen and oxygen atoms in total. The van der Waals surface area contributed by atoms with Crippen LogP contribution in [-0.4, -0.2) is 29.8 Å². The molecule has 0 aliphatic rings. The highest BCUT2D eigenvalue weighted by molar-refractivity contribution is 5.95. The second-order valence-corrected chi connectivity index (χ2v) is 3.58. The van der Waals surface area contributed by atoms with Crippen LogP contribution in [0.1, 0.15) is 15.9 Å². The molecule has 0 atom stereocenters. The molecule has 1 aromatic rings. The maximum absolute atomic E-state index is 13.6. The number of nitro benzene ring substituents is 1. The van der Waals surface area contributed by atoms with E-state index in [0.29, 0.717) is 0 Å². The van der Waals surface area contributed by atoms with Crippen LogP contribution >= 0.6 is 0 Å². The van der Waals surface area contributed by atoms with Crippen molar-refractivity contribution in [2.45, 2.75) is 6.92 Å². The number of aryl methyl sites for hydroxylation is 1. The van der Waals surface area contributed by atoms with E-state index in [1.807, 2.05) is 0 Å². The van der Waals surface area contributed by atoms with Crippen LogP contribution in [0.3, 0.4) is 0 Å². The van der Waals surface area contributed by atoms with Crippen LogP contribution in [0.2, 0.25) is 0 Å². The van der Waals surface area contributed by atoms with Crippen LogP contribution in [0.5, 0.6) is 0 Å². The van der Waals surface area contributed by atoms with Crippen LogP contribution < -0.4 is 0 Å². The molecule has 0 spiro atoms. The van der Waals surface area contributed by atoms with Crippen molar-refractivity contribution in [1.82, 2.24) is 4.90 Å². The Bertz CT molecular complexity index is 458. The lowest BCUT2D eigenvalue weighted by Crippen LogP contribution is -2.23. The minimum absolute atomic E-state index is 0.0828. The Labute approximate surface area is 91.6 Å². The summed E-state index contributed by atoms with van der Waals surface area (Å²) in [5.74, 6) is -1.31. The summed E-state index contributed by atoms with van der Waals surface area (Å²) in [6.45, 7) is 1.38. The highest BCUT2D eigenvalue weighted by atomic mass is 19.1. The predicted octanol–water partition coefficient (Wildman–Crippen LogP) is 1.74. The van der Waals surface area contributed by atoms with Crippen LogP contribution in [0.4, 0.5) is 10.1 Å². The number of benzene rings is 1. The highest BCUT2D eigenvalue weighted by Crippen LogP contribution is 2.21. The number of carbonyl (C=O) groups excluding carboxylic acids is 1. The zero-order valence-electron chi connectivity index (χ0n) is 9.15. The third-order valence-electron chi connectivity index (χ3n) is 2.09. The molecule has 6 heteroatoms. The first-order valence-corrected chi connectivity index (χ1v) is 4.50. The van der Waals surface area contributed by atoms with E-state index < -0.39 is 16.6 Å². The second-order valence-electron chi connectivity index (χ2n) is 3.58. The Balaban J connectivity index is 3.38. The number of amides is 1. The van der Waals surface area contributed by atoms with Gasteiger partial charge in [0.15, 0.2) is 0 Å². The van der Waals surface area contributed by atoms with Gasteiger partial charge in [0.2, 0.25) is 0 Å². The number of non-ortho nitro benzene ring substituents is 1. The van der Waals surface area contributed by atoms with Gasteiger partial charge in [0.05, 0.1) is 10.5 Å². The van der Waals surface area contributed by atoms with E-state index in [4.69, 9.17) is 0 Å². The fraction of sp³-hybridized carbons (Fsp3) is 0.300. The van der Waals surface area contributed by atoms with Crippen molar-refractivity contribution in [2.75, 3.05) is 14.1 Å². The lowest BCUT2D eigenvalue weighted by molar-refractivity contribution is -0.385. The lowest BCUT2D eigenvalue weighted by atomic mass is 10.1. The number of nitro groups is 1. The fourth-order valence-electron chi connectivity index (χ4n) is 1.25. The first kappa shape index (κ1) is 12.1. The quantitative estimate of drug-likeness (QED) is 0.570. The Kier molecular flexibility index (Phi) is 3.22. The van der Waals surface area contributed by atoms with Gasteiger partial charge in [-0.25, -0.2) is 4.39 Å². The van der Waals surface area contributed by atoms with E-state index >= 15 is 0 Å². The van der Waals surface area contributed by atoms with Gasteiger partial charge in [0.25, 0.3) is 11.6 Å². The summed E-state index contributed by atoms with van der Waals surface area (Å²) < 4.78 is 13.6. The van der Waals surface area contributed by atoms with E-state index in [-0.39, 0.29) is 16.8 Å². The Morgan fingerprint density at radius 1 is 1.44 bits per heavy atom. The van der Waals surface area contributed by atoms with Crippen molar-refractivity contribution < 1.29 is 14.1 Å². The Hall–Kier alpha value is -1.98. The zero-order valence-corrected chi connectivity index (χ0v) is 9.15. The highest BCUT2D eigenvalue weighted by Gasteiger charge is 2.20. The molecule has 0 aliphatic heterocycles. The second kappa shape index (κ2) is 4.26. The van der Waals surface area contributed by atoms with E-state index in [0.717, 1.165) is 12.1 Å². The molecule has 0 saturated heterocycles. The van der Waals surface area contributed by atoms with Crippen LogP contribution in [-0.2, 0) is 0 Å². The SMILES string of the molecule is Cc1cc([N+](=O)[O-])cc(C(=O)N(C)C)c1F. The standard InChI is InChI=1S/C10H11FN2O3/c1-6-4-7(13(15)16)5-8(9(6)11)10(14)12(2)3/h4-5H,1-3H3. The van der Waals surface area contributed by atoms with Crippen molar-refractivity contribution in [3.8, 4) is 0 Å². The van der Waals surface area contributed by atoms with Gasteiger partial charge in [-0.05, 0) is 12.5 Å². The summed E-state index contributed by atoms with van der Waals surface area (Å²) in [4.78, 5) is 22.6. The van der Waals surface area contributed by atoms with Crippen molar-refractivity contribution in [3.05, 3.63) is 39.2 Å². The number of halogens is 1. The third-order valence-corrected chi connectivity index (χ3v) is 2.09. The van der Waals surface area contributed by atoms with Gasteiger partial charge < -0.3 is 4.90 Å².